The van der Waals surface area contributed by atoms with E-state index in [1.807, 2.05) is 36.6 Å². The number of nitrogens with two attached hydrogens (primary N) is 1. The molecule has 0 aliphatic carbocycles. The molecule has 1 saturated heterocycles. The maximum atomic E-state index is 12.0. The van der Waals surface area contributed by atoms with Crippen LogP contribution in [0.15, 0.2) is 30.3 Å². The summed E-state index contributed by atoms with van der Waals surface area (Å²) in [5.74, 6) is 1.38. The molecule has 1 heterocycles. The monoisotopic (exact) mass is 437 g/mol. The Morgan fingerprint density at radius 2 is 1.93 bits per heavy atom. The lowest BCUT2D eigenvalue weighted by atomic mass is 9.96. The van der Waals surface area contributed by atoms with Crippen LogP contribution in [0.1, 0.15) is 30.9 Å². The summed E-state index contributed by atoms with van der Waals surface area (Å²) in [4.78, 5) is 14.3. The number of benzene rings is 1. The van der Waals surface area contributed by atoms with Gasteiger partial charge in [0.1, 0.15) is 0 Å². The van der Waals surface area contributed by atoms with Crippen molar-refractivity contribution in [1.29, 1.82) is 0 Å². The fraction of sp³-hybridized carbons (Fsp3) is 0.632. The fourth-order valence-electron chi connectivity index (χ4n) is 3.15. The second-order valence-corrected chi connectivity index (χ2v) is 7.79. The molecule has 0 saturated carbocycles. The summed E-state index contributed by atoms with van der Waals surface area (Å²) in [6.07, 6.45) is 4.39. The van der Waals surface area contributed by atoms with Gasteiger partial charge >= 0.3 is 0 Å². The van der Waals surface area contributed by atoms with Crippen LogP contribution >= 0.6 is 36.6 Å². The van der Waals surface area contributed by atoms with Crippen molar-refractivity contribution in [3.05, 3.63) is 35.9 Å². The van der Waals surface area contributed by atoms with Gasteiger partial charge in [-0.15, -0.1) is 24.8 Å². The minimum Gasteiger partial charge on any atom is -0.387 e. The Kier molecular flexibility index (Phi) is 14.2. The van der Waals surface area contributed by atoms with Gasteiger partial charge in [0.05, 0.1) is 12.1 Å². The van der Waals surface area contributed by atoms with Crippen LogP contribution in [0.4, 0.5) is 0 Å². The molecular weight excluding hydrogens is 405 g/mol. The Morgan fingerprint density at radius 1 is 1.30 bits per heavy atom. The van der Waals surface area contributed by atoms with E-state index in [0.717, 1.165) is 43.7 Å². The average Bonchev–Trinajstić information content (AvgIpc) is 2.65. The van der Waals surface area contributed by atoms with Gasteiger partial charge in [0.2, 0.25) is 5.91 Å². The maximum absolute atomic E-state index is 12.0. The van der Waals surface area contributed by atoms with Crippen LogP contribution in [0.3, 0.4) is 0 Å². The Morgan fingerprint density at radius 3 is 2.52 bits per heavy atom. The second kappa shape index (κ2) is 14.5. The zero-order valence-corrected chi connectivity index (χ0v) is 18.3. The molecule has 156 valence electrons. The first-order chi connectivity index (χ1) is 12.1. The van der Waals surface area contributed by atoms with Crippen LogP contribution in [0.2, 0.25) is 0 Å². The molecule has 1 fully saturated rings. The molecule has 4 N–H and O–H groups in total. The molecule has 2 atom stereocenters. The largest absolute Gasteiger partial charge is 0.387 e. The van der Waals surface area contributed by atoms with Gasteiger partial charge in [-0.2, -0.15) is 11.8 Å². The third kappa shape index (κ3) is 9.50. The average molecular weight is 438 g/mol. The third-order valence-corrected chi connectivity index (χ3v) is 5.50. The van der Waals surface area contributed by atoms with Gasteiger partial charge in [-0.3, -0.25) is 4.79 Å². The molecule has 0 radical (unpaired) electrons. The molecule has 1 aromatic rings. The minimum absolute atomic E-state index is 0. The fourth-order valence-corrected chi connectivity index (χ4v) is 3.64. The number of piperidine rings is 1. The number of thioether (sulfide) groups is 1. The minimum atomic E-state index is -0.438. The van der Waals surface area contributed by atoms with Crippen molar-refractivity contribution in [2.24, 2.45) is 11.7 Å². The van der Waals surface area contributed by atoms with Crippen LogP contribution in [-0.4, -0.2) is 60.1 Å². The molecule has 1 unspecified atom stereocenters. The van der Waals surface area contributed by atoms with E-state index < -0.39 is 12.1 Å². The Hall–Kier alpha value is -0.500. The molecule has 8 heteroatoms. The first kappa shape index (κ1) is 26.5. The van der Waals surface area contributed by atoms with E-state index >= 15 is 0 Å². The first-order valence-electron chi connectivity index (χ1n) is 9.07. The molecule has 0 aromatic heterocycles. The topological polar surface area (TPSA) is 78.6 Å². The van der Waals surface area contributed by atoms with E-state index in [2.05, 4.69) is 10.2 Å². The Bertz CT molecular complexity index is 517. The number of carbonyl (C=O) groups is 1. The highest BCUT2D eigenvalue weighted by Gasteiger charge is 2.22. The first-order valence-corrected chi connectivity index (χ1v) is 10.5. The molecule has 1 aliphatic rings. The molecular formula is C19H33Cl2N3O2S. The maximum Gasteiger partial charge on any atom is 0.236 e. The van der Waals surface area contributed by atoms with Gasteiger partial charge < -0.3 is 21.1 Å². The molecule has 27 heavy (non-hydrogen) atoms. The van der Waals surface area contributed by atoms with Crippen molar-refractivity contribution in [3.8, 4) is 0 Å². The summed E-state index contributed by atoms with van der Waals surface area (Å²) in [6, 6.07) is 9.41. The number of aliphatic hydroxyl groups excluding tert-OH is 1. The number of aliphatic hydroxyl groups is 1. The summed E-state index contributed by atoms with van der Waals surface area (Å²) in [6.45, 7) is 3.30. The van der Waals surface area contributed by atoms with E-state index in [0.29, 0.717) is 19.0 Å². The summed E-state index contributed by atoms with van der Waals surface area (Å²) in [5.41, 5.74) is 6.86. The lowest BCUT2D eigenvalue weighted by molar-refractivity contribution is -0.122. The summed E-state index contributed by atoms with van der Waals surface area (Å²) in [5, 5.41) is 13.3. The zero-order valence-electron chi connectivity index (χ0n) is 15.9. The number of likely N-dealkylation sites (tertiary alicyclic amines) is 1. The van der Waals surface area contributed by atoms with Crippen molar-refractivity contribution in [2.45, 2.75) is 31.4 Å². The van der Waals surface area contributed by atoms with E-state index in [1.165, 1.54) is 0 Å². The number of rotatable bonds is 9. The van der Waals surface area contributed by atoms with E-state index in [-0.39, 0.29) is 30.7 Å². The zero-order chi connectivity index (χ0) is 18.1. The number of hydrogen-bond donors (Lipinski definition) is 3. The summed E-state index contributed by atoms with van der Waals surface area (Å²) >= 11 is 1.71. The van der Waals surface area contributed by atoms with E-state index in [4.69, 9.17) is 5.73 Å². The van der Waals surface area contributed by atoms with Crippen LogP contribution in [0.5, 0.6) is 0 Å². The standard InChI is InChI=1S/C19H31N3O2S.2ClH/c1-25-12-9-17(20)19(24)21-13-15-7-10-22(11-8-15)14-18(23)16-5-3-2-4-6-16;;/h2-6,15,17-18,23H,7-14,20H2,1H3,(H,21,24);2*1H/t17-,18?;;/m0../s1. The number of carbonyl (C=O) groups excluding carboxylic acids is 1. The molecule has 2 rings (SSSR count). The van der Waals surface area contributed by atoms with Gasteiger partial charge in [0, 0.05) is 13.1 Å². The molecule has 1 aliphatic heterocycles. The van der Waals surface area contributed by atoms with Gasteiger partial charge in [-0.25, -0.2) is 0 Å². The number of β-amino-alcohol motifs (C(OH)–C–C–N with tert-alkyl or cyclic N) is 1. The molecule has 0 bridgehead atoms. The number of hydrogen-bond acceptors (Lipinski definition) is 5. The van der Waals surface area contributed by atoms with Crippen molar-refractivity contribution >= 4 is 42.5 Å². The van der Waals surface area contributed by atoms with Gasteiger partial charge in [-0.1, -0.05) is 30.3 Å². The number of nitrogens with zero attached hydrogens (tertiary/aromatic N) is 1. The van der Waals surface area contributed by atoms with Crippen molar-refractivity contribution in [3.63, 3.8) is 0 Å². The number of halogens is 2. The highest BCUT2D eigenvalue weighted by molar-refractivity contribution is 7.98. The van der Waals surface area contributed by atoms with Crippen LogP contribution in [0.25, 0.3) is 0 Å². The van der Waals surface area contributed by atoms with Gasteiger partial charge in [-0.05, 0) is 55.8 Å². The normalized spacial score (nSPS) is 17.3. The highest BCUT2D eigenvalue weighted by Crippen LogP contribution is 2.20. The smallest absolute Gasteiger partial charge is 0.236 e. The lowest BCUT2D eigenvalue weighted by Crippen LogP contribution is -2.45. The van der Waals surface area contributed by atoms with Crippen LogP contribution in [0, 0.1) is 5.92 Å². The molecule has 1 amide bonds. The summed E-state index contributed by atoms with van der Waals surface area (Å²) < 4.78 is 0. The Labute approximate surface area is 179 Å². The van der Waals surface area contributed by atoms with Gasteiger partial charge in [0.15, 0.2) is 0 Å². The second-order valence-electron chi connectivity index (χ2n) is 6.80. The Balaban J connectivity index is 0.00000338. The van der Waals surface area contributed by atoms with E-state index in [1.54, 1.807) is 11.8 Å². The van der Waals surface area contributed by atoms with Crippen LogP contribution in [-0.2, 0) is 4.79 Å². The molecule has 5 nitrogen and oxygen atoms in total. The summed E-state index contributed by atoms with van der Waals surface area (Å²) in [7, 11) is 0. The number of amides is 1. The number of nitrogens with one attached hydrogen (secondary N) is 1. The van der Waals surface area contributed by atoms with Gasteiger partial charge in [0.25, 0.3) is 0 Å². The SMILES string of the molecule is CSCC[C@H](N)C(=O)NCC1CCN(CC(O)c2ccccc2)CC1.Cl.Cl. The van der Waals surface area contributed by atoms with Crippen molar-refractivity contribution in [1.82, 2.24) is 10.2 Å². The molecule has 0 spiro atoms. The van der Waals surface area contributed by atoms with E-state index in [9.17, 15) is 9.90 Å². The predicted octanol–water partition coefficient (Wildman–Crippen LogP) is 2.47. The van der Waals surface area contributed by atoms with Crippen molar-refractivity contribution in [2.75, 3.05) is 38.2 Å². The molecule has 1 aromatic carbocycles. The van der Waals surface area contributed by atoms with Crippen molar-refractivity contribution < 1.29 is 9.90 Å². The quantitative estimate of drug-likeness (QED) is 0.552. The predicted molar refractivity (Wildman–Crippen MR) is 119 cm³/mol. The lowest BCUT2D eigenvalue weighted by Gasteiger charge is -2.33. The third-order valence-electron chi connectivity index (χ3n) is 4.86. The highest BCUT2D eigenvalue weighted by atomic mass is 35.5. The van der Waals surface area contributed by atoms with Crippen LogP contribution < -0.4 is 11.1 Å².